The van der Waals surface area contributed by atoms with Crippen molar-refractivity contribution in [1.82, 2.24) is 10.3 Å². The number of nitrogens with zero attached hydrogens (tertiary/aromatic N) is 3. The zero-order valence-electron chi connectivity index (χ0n) is 12.8. The SMILES string of the molecule is C[C@@H]1CCc2cc(F)ccc2N1S(=O)(=O)c1cccc2nonc12. The number of rotatable bonds is 2. The topological polar surface area (TPSA) is 76.3 Å². The van der Waals surface area contributed by atoms with Crippen LogP contribution in [0.25, 0.3) is 11.0 Å². The van der Waals surface area contributed by atoms with Crippen molar-refractivity contribution in [2.45, 2.75) is 30.7 Å². The van der Waals surface area contributed by atoms with Crippen LogP contribution in [0.5, 0.6) is 0 Å². The molecule has 0 bridgehead atoms. The first kappa shape index (κ1) is 15.1. The molecule has 0 unspecified atom stereocenters. The van der Waals surface area contributed by atoms with Crippen LogP contribution in [0.4, 0.5) is 10.1 Å². The summed E-state index contributed by atoms with van der Waals surface area (Å²) in [4.78, 5) is 0.0327. The zero-order valence-corrected chi connectivity index (χ0v) is 13.6. The Morgan fingerprint density at radius 3 is 2.92 bits per heavy atom. The molecule has 24 heavy (non-hydrogen) atoms. The van der Waals surface area contributed by atoms with Crippen LogP contribution in [0, 0.1) is 5.82 Å². The maximum atomic E-state index is 13.5. The Kier molecular flexibility index (Phi) is 3.31. The second kappa shape index (κ2) is 5.27. The summed E-state index contributed by atoms with van der Waals surface area (Å²) >= 11 is 0. The molecule has 4 rings (SSSR count). The Balaban J connectivity index is 1.93. The van der Waals surface area contributed by atoms with Crippen LogP contribution < -0.4 is 4.31 Å². The van der Waals surface area contributed by atoms with E-state index in [4.69, 9.17) is 0 Å². The molecule has 0 fully saturated rings. The molecule has 124 valence electrons. The molecular formula is C16H14FN3O3S. The highest BCUT2D eigenvalue weighted by atomic mass is 32.2. The van der Waals surface area contributed by atoms with Gasteiger partial charge in [0.25, 0.3) is 10.0 Å². The average Bonchev–Trinajstić information content (AvgIpc) is 3.03. The van der Waals surface area contributed by atoms with Gasteiger partial charge in [-0.15, -0.1) is 0 Å². The number of halogens is 1. The molecule has 0 aliphatic carbocycles. The van der Waals surface area contributed by atoms with Crippen molar-refractivity contribution in [3.63, 3.8) is 0 Å². The summed E-state index contributed by atoms with van der Waals surface area (Å²) < 4.78 is 46.1. The highest BCUT2D eigenvalue weighted by molar-refractivity contribution is 7.93. The molecule has 0 radical (unpaired) electrons. The fourth-order valence-electron chi connectivity index (χ4n) is 3.15. The van der Waals surface area contributed by atoms with Crippen LogP contribution in [-0.2, 0) is 16.4 Å². The summed E-state index contributed by atoms with van der Waals surface area (Å²) in [5.41, 5.74) is 1.75. The van der Waals surface area contributed by atoms with Gasteiger partial charge in [0, 0.05) is 6.04 Å². The van der Waals surface area contributed by atoms with Crippen LogP contribution in [0.2, 0.25) is 0 Å². The molecule has 8 heteroatoms. The summed E-state index contributed by atoms with van der Waals surface area (Å²) in [6.45, 7) is 1.84. The van der Waals surface area contributed by atoms with Gasteiger partial charge in [-0.1, -0.05) is 6.07 Å². The predicted octanol–water partition coefficient (Wildman–Crippen LogP) is 2.89. The molecule has 0 N–H and O–H groups in total. The molecule has 1 atom stereocenters. The van der Waals surface area contributed by atoms with Gasteiger partial charge in [-0.25, -0.2) is 17.4 Å². The molecule has 0 amide bonds. The van der Waals surface area contributed by atoms with Crippen molar-refractivity contribution in [2.75, 3.05) is 4.31 Å². The van der Waals surface area contributed by atoms with Crippen molar-refractivity contribution in [2.24, 2.45) is 0 Å². The number of aromatic nitrogens is 2. The van der Waals surface area contributed by atoms with Gasteiger partial charge in [0.15, 0.2) is 5.52 Å². The molecule has 0 saturated heterocycles. The highest BCUT2D eigenvalue weighted by Crippen LogP contribution is 2.36. The second-order valence-electron chi connectivity index (χ2n) is 5.85. The van der Waals surface area contributed by atoms with E-state index in [1.807, 2.05) is 6.92 Å². The number of hydrogen-bond acceptors (Lipinski definition) is 5. The van der Waals surface area contributed by atoms with Crippen LogP contribution in [-0.4, -0.2) is 24.8 Å². The van der Waals surface area contributed by atoms with Crippen molar-refractivity contribution >= 4 is 26.7 Å². The second-order valence-corrected chi connectivity index (χ2v) is 7.63. The molecule has 2 heterocycles. The molecule has 1 aliphatic heterocycles. The Morgan fingerprint density at radius 1 is 1.25 bits per heavy atom. The molecule has 2 aromatic carbocycles. The number of fused-ring (bicyclic) bond motifs is 2. The summed E-state index contributed by atoms with van der Waals surface area (Å²) in [6.07, 6.45) is 1.25. The van der Waals surface area contributed by atoms with E-state index in [-0.39, 0.29) is 22.3 Å². The normalized spacial score (nSPS) is 17.9. The minimum Gasteiger partial charge on any atom is -0.263 e. The lowest BCUT2D eigenvalue weighted by Crippen LogP contribution is -2.42. The number of benzene rings is 2. The van der Waals surface area contributed by atoms with Gasteiger partial charge in [-0.3, -0.25) is 4.31 Å². The van der Waals surface area contributed by atoms with E-state index in [0.29, 0.717) is 29.6 Å². The number of anilines is 1. The standard InChI is InChI=1S/C16H14FN3O3S/c1-10-5-6-11-9-12(17)7-8-14(11)20(10)24(21,22)15-4-2-3-13-16(15)19-23-18-13/h2-4,7-10H,5-6H2,1H3/t10-/m1/s1. The number of aryl methyl sites for hydroxylation is 1. The van der Waals surface area contributed by atoms with Crippen molar-refractivity contribution in [1.29, 1.82) is 0 Å². The van der Waals surface area contributed by atoms with Gasteiger partial charge in [-0.2, -0.15) is 0 Å². The van der Waals surface area contributed by atoms with Crippen LogP contribution in [0.1, 0.15) is 18.9 Å². The molecule has 1 aromatic heterocycles. The molecule has 0 spiro atoms. The first-order chi connectivity index (χ1) is 11.5. The Hall–Kier alpha value is -2.48. The third kappa shape index (κ3) is 2.17. The van der Waals surface area contributed by atoms with Crippen LogP contribution in [0.3, 0.4) is 0 Å². The Bertz CT molecular complexity index is 1030. The lowest BCUT2D eigenvalue weighted by atomic mass is 9.99. The maximum Gasteiger partial charge on any atom is 0.266 e. The minimum absolute atomic E-state index is 0.0327. The fraction of sp³-hybridized carbons (Fsp3) is 0.250. The summed E-state index contributed by atoms with van der Waals surface area (Å²) in [5, 5.41) is 7.42. The number of hydrogen-bond donors (Lipinski definition) is 0. The average molecular weight is 347 g/mol. The van der Waals surface area contributed by atoms with Gasteiger partial charge in [0.1, 0.15) is 16.2 Å². The molecule has 0 saturated carbocycles. The molecular weight excluding hydrogens is 333 g/mol. The van der Waals surface area contributed by atoms with Gasteiger partial charge in [-0.05, 0) is 66.0 Å². The van der Waals surface area contributed by atoms with Crippen molar-refractivity contribution < 1.29 is 17.4 Å². The van der Waals surface area contributed by atoms with E-state index >= 15 is 0 Å². The lowest BCUT2D eigenvalue weighted by Gasteiger charge is -2.35. The fourth-order valence-corrected chi connectivity index (χ4v) is 5.02. The summed E-state index contributed by atoms with van der Waals surface area (Å²) in [7, 11) is -3.89. The van der Waals surface area contributed by atoms with Gasteiger partial charge in [0.05, 0.1) is 5.69 Å². The lowest BCUT2D eigenvalue weighted by molar-refractivity contribution is 0.315. The Labute approximate surface area is 137 Å². The molecule has 1 aliphatic rings. The first-order valence-corrected chi connectivity index (χ1v) is 8.96. The third-order valence-corrected chi connectivity index (χ3v) is 6.26. The monoisotopic (exact) mass is 347 g/mol. The van der Waals surface area contributed by atoms with E-state index in [9.17, 15) is 12.8 Å². The smallest absolute Gasteiger partial charge is 0.263 e. The van der Waals surface area contributed by atoms with Gasteiger partial charge < -0.3 is 0 Å². The summed E-state index contributed by atoms with van der Waals surface area (Å²) in [5.74, 6) is -0.372. The van der Waals surface area contributed by atoms with Gasteiger partial charge >= 0.3 is 0 Å². The Morgan fingerprint density at radius 2 is 2.08 bits per heavy atom. The van der Waals surface area contributed by atoms with Crippen LogP contribution in [0.15, 0.2) is 45.9 Å². The van der Waals surface area contributed by atoms with Crippen LogP contribution >= 0.6 is 0 Å². The largest absolute Gasteiger partial charge is 0.266 e. The van der Waals surface area contributed by atoms with Crippen molar-refractivity contribution in [3.8, 4) is 0 Å². The highest BCUT2D eigenvalue weighted by Gasteiger charge is 2.35. The zero-order chi connectivity index (χ0) is 16.9. The minimum atomic E-state index is -3.89. The predicted molar refractivity (Wildman–Crippen MR) is 85.7 cm³/mol. The molecule has 3 aromatic rings. The van der Waals surface area contributed by atoms with E-state index in [1.54, 1.807) is 12.1 Å². The van der Waals surface area contributed by atoms with E-state index in [2.05, 4.69) is 14.9 Å². The quantitative estimate of drug-likeness (QED) is 0.712. The van der Waals surface area contributed by atoms with Crippen molar-refractivity contribution in [3.05, 3.63) is 47.8 Å². The maximum absolute atomic E-state index is 13.5. The number of sulfonamides is 1. The third-order valence-electron chi connectivity index (χ3n) is 4.30. The first-order valence-electron chi connectivity index (χ1n) is 7.52. The van der Waals surface area contributed by atoms with E-state index in [1.165, 1.54) is 28.6 Å². The summed E-state index contributed by atoms with van der Waals surface area (Å²) in [6, 6.07) is 8.64. The van der Waals surface area contributed by atoms with Gasteiger partial charge in [0.2, 0.25) is 0 Å². The van der Waals surface area contributed by atoms with E-state index in [0.717, 1.165) is 0 Å². The molecule has 6 nitrogen and oxygen atoms in total. The van der Waals surface area contributed by atoms with E-state index < -0.39 is 10.0 Å².